The average Bonchev–Trinajstić information content (AvgIpc) is 2.10. The summed E-state index contributed by atoms with van der Waals surface area (Å²) in [5, 5.41) is 17.6. The number of hydrogen-bond donors (Lipinski definition) is 2. The Hall–Kier alpha value is 0.840. The molecule has 4 nitrogen and oxygen atoms in total. The van der Waals surface area contributed by atoms with Crippen LogP contribution < -0.4 is 29.6 Å². The maximum absolute atomic E-state index is 8.92. The van der Waals surface area contributed by atoms with Crippen LogP contribution in [0.3, 0.4) is 0 Å². The Morgan fingerprint density at radius 2 is 1.57 bits per heavy atom. The predicted molar refractivity (Wildman–Crippen MR) is 50.7 cm³/mol. The van der Waals surface area contributed by atoms with Crippen molar-refractivity contribution in [3.8, 4) is 0 Å². The van der Waals surface area contributed by atoms with E-state index < -0.39 is 6.10 Å². The molecule has 0 heterocycles. The molecule has 0 saturated carbocycles. The molecule has 0 aromatic heterocycles. The van der Waals surface area contributed by atoms with Crippen molar-refractivity contribution >= 4 is 0 Å². The Bertz CT molecular complexity index is 127. The van der Waals surface area contributed by atoms with E-state index in [1.807, 2.05) is 6.92 Å². The second-order valence-corrected chi connectivity index (χ2v) is 3.32. The van der Waals surface area contributed by atoms with Crippen LogP contribution in [0.4, 0.5) is 0 Å². The smallest absolute Gasteiger partial charge is 1.00 e. The van der Waals surface area contributed by atoms with Gasteiger partial charge >= 0.3 is 29.6 Å². The summed E-state index contributed by atoms with van der Waals surface area (Å²) in [6.07, 6.45) is -0.654. The fraction of sp³-hybridized carbons (Fsp3) is 1.00. The summed E-state index contributed by atoms with van der Waals surface area (Å²) in [5.74, 6) is 0. The molecule has 0 bridgehead atoms. The van der Waals surface area contributed by atoms with E-state index in [0.717, 1.165) is 0 Å². The molecular weight excluding hydrogens is 195 g/mol. The van der Waals surface area contributed by atoms with E-state index in [1.54, 1.807) is 13.8 Å². The van der Waals surface area contributed by atoms with Crippen LogP contribution in [0.15, 0.2) is 0 Å². The number of aliphatic hydroxyl groups is 2. The van der Waals surface area contributed by atoms with Gasteiger partial charge in [-0.25, -0.2) is 0 Å². The topological polar surface area (TPSA) is 58.9 Å². The normalized spacial score (nSPS) is 16.9. The van der Waals surface area contributed by atoms with Crippen molar-refractivity contribution < 1.29 is 50.7 Å². The SMILES string of the molecule is CC(O)COC(C)COC(C)CO.[H-].[Na+]. The van der Waals surface area contributed by atoms with Gasteiger partial charge in [-0.05, 0) is 20.8 Å². The third kappa shape index (κ3) is 10.9. The molecule has 14 heavy (non-hydrogen) atoms. The molecule has 0 aliphatic heterocycles. The van der Waals surface area contributed by atoms with Crippen LogP contribution in [0.1, 0.15) is 22.2 Å². The summed E-state index contributed by atoms with van der Waals surface area (Å²) in [7, 11) is 0. The van der Waals surface area contributed by atoms with Gasteiger partial charge in [0.1, 0.15) is 0 Å². The monoisotopic (exact) mass is 216 g/mol. The van der Waals surface area contributed by atoms with E-state index >= 15 is 0 Å². The standard InChI is InChI=1S/C9H20O4.Na.H/c1-7(11)5-12-9(3)6-13-8(2)4-10;;/h7-11H,4-6H2,1-3H3;;/q;+1;-1. The second-order valence-electron chi connectivity index (χ2n) is 3.32. The van der Waals surface area contributed by atoms with Crippen molar-refractivity contribution in [2.24, 2.45) is 0 Å². The zero-order valence-corrected chi connectivity index (χ0v) is 11.6. The fourth-order valence-corrected chi connectivity index (χ4v) is 0.704. The number of hydrogen-bond acceptors (Lipinski definition) is 4. The molecule has 82 valence electrons. The van der Waals surface area contributed by atoms with Crippen LogP contribution in [0.25, 0.3) is 0 Å². The zero-order valence-electron chi connectivity index (χ0n) is 10.6. The minimum Gasteiger partial charge on any atom is -1.00 e. The maximum Gasteiger partial charge on any atom is 1.00 e. The third-order valence-corrected chi connectivity index (χ3v) is 1.49. The second kappa shape index (κ2) is 10.4. The number of ether oxygens (including phenoxy) is 2. The number of rotatable bonds is 7. The van der Waals surface area contributed by atoms with Crippen molar-refractivity contribution in [3.05, 3.63) is 0 Å². The maximum atomic E-state index is 8.92. The van der Waals surface area contributed by atoms with E-state index in [1.165, 1.54) is 0 Å². The van der Waals surface area contributed by atoms with Gasteiger partial charge in [-0.2, -0.15) is 0 Å². The Kier molecular flexibility index (Phi) is 12.8. The van der Waals surface area contributed by atoms with Gasteiger partial charge in [-0.15, -0.1) is 0 Å². The van der Waals surface area contributed by atoms with E-state index in [9.17, 15) is 0 Å². The first-order valence-electron chi connectivity index (χ1n) is 4.58. The molecule has 2 N–H and O–H groups in total. The van der Waals surface area contributed by atoms with E-state index in [4.69, 9.17) is 19.7 Å². The minimum atomic E-state index is -0.447. The molecule has 3 unspecified atom stereocenters. The minimum absolute atomic E-state index is 0. The quantitative estimate of drug-likeness (QED) is 0.454. The van der Waals surface area contributed by atoms with Crippen molar-refractivity contribution in [3.63, 3.8) is 0 Å². The fourth-order valence-electron chi connectivity index (χ4n) is 0.704. The summed E-state index contributed by atoms with van der Waals surface area (Å²) >= 11 is 0. The van der Waals surface area contributed by atoms with Crippen molar-refractivity contribution in [1.29, 1.82) is 0 Å². The van der Waals surface area contributed by atoms with E-state index in [-0.39, 0.29) is 49.8 Å². The first-order chi connectivity index (χ1) is 6.06. The molecule has 5 heteroatoms. The van der Waals surface area contributed by atoms with E-state index in [0.29, 0.717) is 13.2 Å². The van der Waals surface area contributed by atoms with E-state index in [2.05, 4.69) is 0 Å². The van der Waals surface area contributed by atoms with Crippen LogP contribution in [0, 0.1) is 0 Å². The summed E-state index contributed by atoms with van der Waals surface area (Å²) in [6, 6.07) is 0. The molecule has 0 fully saturated rings. The summed E-state index contributed by atoms with van der Waals surface area (Å²) in [6.45, 7) is 6.10. The molecule has 0 aromatic carbocycles. The van der Waals surface area contributed by atoms with Gasteiger partial charge in [-0.1, -0.05) is 0 Å². The molecule has 0 spiro atoms. The first-order valence-corrected chi connectivity index (χ1v) is 4.58. The Labute approximate surface area is 109 Å². The molecule has 0 aliphatic carbocycles. The van der Waals surface area contributed by atoms with Crippen LogP contribution in [0.2, 0.25) is 0 Å². The van der Waals surface area contributed by atoms with Crippen LogP contribution >= 0.6 is 0 Å². The molecule has 0 rings (SSSR count). The van der Waals surface area contributed by atoms with Crippen molar-refractivity contribution in [2.45, 2.75) is 39.1 Å². The van der Waals surface area contributed by atoms with Gasteiger partial charge in [0.15, 0.2) is 0 Å². The van der Waals surface area contributed by atoms with Gasteiger partial charge < -0.3 is 21.1 Å². The van der Waals surface area contributed by atoms with Crippen LogP contribution in [-0.4, -0.2) is 48.3 Å². The van der Waals surface area contributed by atoms with Crippen molar-refractivity contribution in [2.75, 3.05) is 19.8 Å². The van der Waals surface area contributed by atoms with Gasteiger partial charge in [0.05, 0.1) is 38.1 Å². The van der Waals surface area contributed by atoms with Gasteiger partial charge in [0, 0.05) is 0 Å². The Morgan fingerprint density at radius 1 is 1.07 bits per heavy atom. The Morgan fingerprint density at radius 3 is 2.00 bits per heavy atom. The molecule has 0 radical (unpaired) electrons. The van der Waals surface area contributed by atoms with Crippen LogP contribution in [0.5, 0.6) is 0 Å². The molecule has 0 saturated heterocycles. The van der Waals surface area contributed by atoms with Crippen LogP contribution in [-0.2, 0) is 9.47 Å². The molecule has 0 amide bonds. The van der Waals surface area contributed by atoms with Gasteiger partial charge in [-0.3, -0.25) is 0 Å². The third-order valence-electron chi connectivity index (χ3n) is 1.49. The summed E-state index contributed by atoms with van der Waals surface area (Å²) in [4.78, 5) is 0. The number of aliphatic hydroxyl groups excluding tert-OH is 2. The molecule has 3 atom stereocenters. The summed E-state index contributed by atoms with van der Waals surface area (Å²) < 4.78 is 10.5. The first kappa shape index (κ1) is 17.2. The summed E-state index contributed by atoms with van der Waals surface area (Å²) in [5.41, 5.74) is 0. The largest absolute Gasteiger partial charge is 1.00 e. The van der Waals surface area contributed by atoms with Gasteiger partial charge in [0.2, 0.25) is 0 Å². The van der Waals surface area contributed by atoms with Gasteiger partial charge in [0.25, 0.3) is 0 Å². The molecular formula is C9H21NaO4. The molecule has 0 aliphatic rings. The predicted octanol–water partition coefficient (Wildman–Crippen LogP) is -2.71. The zero-order chi connectivity index (χ0) is 10.3. The van der Waals surface area contributed by atoms with Crippen molar-refractivity contribution in [1.82, 2.24) is 0 Å². The molecule has 0 aromatic rings. The average molecular weight is 216 g/mol. The Balaban J connectivity index is -0.000000720.